The number of ether oxygens (including phenoxy) is 2. The predicted molar refractivity (Wildman–Crippen MR) is 156 cm³/mol. The van der Waals surface area contributed by atoms with Crippen LogP contribution >= 0.6 is 0 Å². The number of hydrogen-bond acceptors (Lipinski definition) is 6. The normalized spacial score (nSPS) is 46.8. The summed E-state index contributed by atoms with van der Waals surface area (Å²) in [5, 5.41) is 40.3. The summed E-state index contributed by atoms with van der Waals surface area (Å²) >= 11 is 0. The van der Waals surface area contributed by atoms with E-state index in [2.05, 4.69) is 65.8 Å². The number of rotatable bonds is 7. The largest absolute Gasteiger partial charge is 0.394 e. The lowest BCUT2D eigenvalue weighted by Crippen LogP contribution is -2.60. The van der Waals surface area contributed by atoms with Crippen LogP contribution in [0, 0.1) is 46.3 Å². The van der Waals surface area contributed by atoms with Crippen LogP contribution in [0.3, 0.4) is 0 Å². The molecule has 0 aromatic heterocycles. The molecule has 0 aromatic carbocycles. The molecule has 0 aromatic rings. The minimum atomic E-state index is -1.41. The van der Waals surface area contributed by atoms with Crippen molar-refractivity contribution in [3.63, 3.8) is 0 Å². The van der Waals surface area contributed by atoms with Crippen molar-refractivity contribution in [2.24, 2.45) is 46.3 Å². The molecule has 5 aliphatic rings. The molecule has 1 saturated heterocycles. The van der Waals surface area contributed by atoms with E-state index >= 15 is 0 Å². The summed E-state index contributed by atoms with van der Waals surface area (Å²) < 4.78 is 11.8. The lowest BCUT2D eigenvalue weighted by molar-refractivity contribution is -0.312. The molecular formula is C34H54O6. The van der Waals surface area contributed by atoms with E-state index < -0.39 is 37.3 Å². The molecule has 1 unspecified atom stereocenters. The van der Waals surface area contributed by atoms with Crippen molar-refractivity contribution in [1.82, 2.24) is 0 Å². The van der Waals surface area contributed by atoms with E-state index in [0.29, 0.717) is 35.0 Å². The van der Waals surface area contributed by atoms with Crippen molar-refractivity contribution in [1.29, 1.82) is 0 Å². The molecule has 0 amide bonds. The zero-order valence-electron chi connectivity index (χ0n) is 25.5. The van der Waals surface area contributed by atoms with E-state index in [9.17, 15) is 20.4 Å². The Bertz CT molecular complexity index is 1000. The maximum Gasteiger partial charge on any atom is 0.186 e. The fraction of sp³-hybridized carbons (Fsp3) is 0.824. The second-order valence-corrected chi connectivity index (χ2v) is 14.7. The van der Waals surface area contributed by atoms with Crippen molar-refractivity contribution in [2.45, 2.75) is 123 Å². The van der Waals surface area contributed by atoms with Gasteiger partial charge in [0.05, 0.1) is 12.7 Å². The molecule has 3 saturated carbocycles. The Labute approximate surface area is 241 Å². The molecule has 4 fully saturated rings. The van der Waals surface area contributed by atoms with E-state index in [-0.39, 0.29) is 11.5 Å². The lowest BCUT2D eigenvalue weighted by Gasteiger charge is -2.55. The third-order valence-electron chi connectivity index (χ3n) is 12.2. The Morgan fingerprint density at radius 2 is 1.68 bits per heavy atom. The van der Waals surface area contributed by atoms with Crippen LogP contribution in [0.25, 0.3) is 0 Å². The van der Waals surface area contributed by atoms with Crippen molar-refractivity contribution in [3.05, 3.63) is 35.5 Å². The van der Waals surface area contributed by atoms with Gasteiger partial charge >= 0.3 is 0 Å². The highest BCUT2D eigenvalue weighted by Gasteiger charge is 2.57. The highest BCUT2D eigenvalue weighted by Crippen LogP contribution is 2.66. The first kappa shape index (κ1) is 30.4. The van der Waals surface area contributed by atoms with Gasteiger partial charge in [0.25, 0.3) is 0 Å². The molecule has 13 atom stereocenters. The predicted octanol–water partition coefficient (Wildman–Crippen LogP) is 5.16. The minimum absolute atomic E-state index is 0.122. The van der Waals surface area contributed by atoms with Crippen molar-refractivity contribution in [2.75, 3.05) is 6.61 Å². The van der Waals surface area contributed by atoms with Gasteiger partial charge in [-0.05, 0) is 91.3 Å². The van der Waals surface area contributed by atoms with Crippen LogP contribution in [0.2, 0.25) is 0 Å². The molecule has 0 radical (unpaired) electrons. The van der Waals surface area contributed by atoms with Crippen molar-refractivity contribution < 1.29 is 29.9 Å². The van der Waals surface area contributed by atoms with Crippen LogP contribution in [-0.2, 0) is 9.47 Å². The number of hydrogen-bond donors (Lipinski definition) is 4. The fourth-order valence-electron chi connectivity index (χ4n) is 9.07. The molecule has 0 spiro atoms. The molecular weight excluding hydrogens is 504 g/mol. The van der Waals surface area contributed by atoms with Crippen molar-refractivity contribution in [3.8, 4) is 0 Å². The summed E-state index contributed by atoms with van der Waals surface area (Å²) in [7, 11) is 0. The van der Waals surface area contributed by atoms with Gasteiger partial charge in [-0.1, -0.05) is 77.0 Å². The standard InChI is InChI=1S/C34H54O6/c1-19(2)20(3)7-8-21(4)25-11-12-26-24-10-9-22-17-23(13-15-33(22,5)27(24)14-16-34(25,26)6)39-32-31(38)30(37)29(36)28(18-35)40-32/h7-10,19-21,23,25-32,35-38H,11-18H2,1-6H3/t20-,21+,23-,25+,26-,27-,28+,29+,30-,31+,32?,33-,34+/m0/s1. The third kappa shape index (κ3) is 5.20. The van der Waals surface area contributed by atoms with E-state index in [1.54, 1.807) is 5.57 Å². The SMILES string of the molecule is CC(C)[C@@H](C)C=C[C@@H](C)[C@H]1CC[C@H]2C3=CC=C4C[C@@H](OC5O[C@H](CO)[C@@H](O)[C@H](O)[C@H]5O)CC[C@]4(C)[C@H]3CC[C@]12C. The van der Waals surface area contributed by atoms with Gasteiger partial charge in [-0.25, -0.2) is 0 Å². The molecule has 1 heterocycles. The van der Waals surface area contributed by atoms with Crippen LogP contribution in [0.4, 0.5) is 0 Å². The average molecular weight is 559 g/mol. The van der Waals surface area contributed by atoms with E-state index in [4.69, 9.17) is 9.47 Å². The van der Waals surface area contributed by atoms with Crippen molar-refractivity contribution >= 4 is 0 Å². The van der Waals surface area contributed by atoms with Crippen LogP contribution in [0.15, 0.2) is 35.5 Å². The Hall–Kier alpha value is -1.02. The quantitative estimate of drug-likeness (QED) is 0.323. The molecule has 4 aliphatic carbocycles. The van der Waals surface area contributed by atoms with Gasteiger partial charge in [0, 0.05) is 0 Å². The van der Waals surface area contributed by atoms with E-state index in [1.165, 1.54) is 31.3 Å². The monoisotopic (exact) mass is 558 g/mol. The summed E-state index contributed by atoms with van der Waals surface area (Å²) in [5.74, 6) is 3.87. The minimum Gasteiger partial charge on any atom is -0.394 e. The molecule has 0 bridgehead atoms. The lowest BCUT2D eigenvalue weighted by atomic mass is 9.50. The van der Waals surface area contributed by atoms with Gasteiger partial charge in [0.2, 0.25) is 0 Å². The fourth-order valence-corrected chi connectivity index (χ4v) is 9.07. The first-order valence-corrected chi connectivity index (χ1v) is 16.0. The number of allylic oxidation sites excluding steroid dienone is 5. The van der Waals surface area contributed by atoms with Gasteiger partial charge in [0.15, 0.2) is 6.29 Å². The molecule has 1 aliphatic heterocycles. The van der Waals surface area contributed by atoms with Gasteiger partial charge < -0.3 is 29.9 Å². The molecule has 6 heteroatoms. The first-order valence-electron chi connectivity index (χ1n) is 16.0. The zero-order chi connectivity index (χ0) is 29.0. The maximum absolute atomic E-state index is 10.5. The second-order valence-electron chi connectivity index (χ2n) is 14.7. The van der Waals surface area contributed by atoms with E-state index in [1.807, 2.05) is 0 Å². The van der Waals surface area contributed by atoms with Gasteiger partial charge in [-0.15, -0.1) is 0 Å². The Morgan fingerprint density at radius 1 is 0.925 bits per heavy atom. The molecule has 4 N–H and O–H groups in total. The molecule has 226 valence electrons. The smallest absolute Gasteiger partial charge is 0.186 e. The summed E-state index contributed by atoms with van der Waals surface area (Å²) in [6.07, 6.45) is 11.3. The van der Waals surface area contributed by atoms with Crippen LogP contribution in [-0.4, -0.2) is 63.8 Å². The van der Waals surface area contributed by atoms with Crippen LogP contribution < -0.4 is 0 Å². The highest BCUT2D eigenvalue weighted by molar-refractivity contribution is 5.39. The molecule has 40 heavy (non-hydrogen) atoms. The number of fused-ring (bicyclic) bond motifs is 5. The average Bonchev–Trinajstić information content (AvgIpc) is 3.29. The van der Waals surface area contributed by atoms with Gasteiger partial charge in [-0.3, -0.25) is 0 Å². The molecule has 5 rings (SSSR count). The second kappa shape index (κ2) is 11.6. The molecule has 6 nitrogen and oxygen atoms in total. The topological polar surface area (TPSA) is 99.4 Å². The number of aliphatic hydroxyl groups is 4. The third-order valence-corrected chi connectivity index (χ3v) is 12.2. The Balaban J connectivity index is 1.29. The van der Waals surface area contributed by atoms with E-state index in [0.717, 1.165) is 25.2 Å². The highest BCUT2D eigenvalue weighted by atomic mass is 16.7. The van der Waals surface area contributed by atoms with Crippen LogP contribution in [0.5, 0.6) is 0 Å². The zero-order valence-corrected chi connectivity index (χ0v) is 25.5. The first-order chi connectivity index (χ1) is 18.9. The van der Waals surface area contributed by atoms with Gasteiger partial charge in [-0.2, -0.15) is 0 Å². The summed E-state index contributed by atoms with van der Waals surface area (Å²) in [4.78, 5) is 0. The summed E-state index contributed by atoms with van der Waals surface area (Å²) in [6, 6.07) is 0. The van der Waals surface area contributed by atoms with Gasteiger partial charge in [0.1, 0.15) is 24.4 Å². The number of aliphatic hydroxyl groups excluding tert-OH is 4. The summed E-state index contributed by atoms with van der Waals surface area (Å²) in [6.45, 7) is 14.0. The Morgan fingerprint density at radius 3 is 2.38 bits per heavy atom. The Kier molecular flexibility index (Phi) is 8.81. The van der Waals surface area contributed by atoms with Crippen LogP contribution in [0.1, 0.15) is 86.5 Å². The maximum atomic E-state index is 10.5. The summed E-state index contributed by atoms with van der Waals surface area (Å²) in [5.41, 5.74) is 3.58.